The van der Waals surface area contributed by atoms with Gasteiger partial charge in [-0.1, -0.05) is 18.2 Å². The molecule has 1 aliphatic heterocycles. The highest BCUT2D eigenvalue weighted by Crippen LogP contribution is 2.25. The van der Waals surface area contributed by atoms with E-state index in [1.165, 1.54) is 0 Å². The summed E-state index contributed by atoms with van der Waals surface area (Å²) >= 11 is 0. The minimum Gasteiger partial charge on any atom is -0.382 e. The first-order valence-corrected chi connectivity index (χ1v) is 7.75. The van der Waals surface area contributed by atoms with Gasteiger partial charge in [0.1, 0.15) is 0 Å². The Hall–Kier alpha value is -2.14. The Morgan fingerprint density at radius 2 is 2.09 bits per heavy atom. The van der Waals surface area contributed by atoms with Crippen LogP contribution in [-0.4, -0.2) is 41.5 Å². The van der Waals surface area contributed by atoms with Gasteiger partial charge in [0.05, 0.1) is 12.1 Å². The van der Waals surface area contributed by atoms with Gasteiger partial charge in [0.15, 0.2) is 0 Å². The number of piperidine rings is 1. The number of amides is 1. The molecule has 116 valence electrons. The lowest BCUT2D eigenvalue weighted by atomic mass is 10.0. The third kappa shape index (κ3) is 3.36. The zero-order chi connectivity index (χ0) is 15.5. The summed E-state index contributed by atoms with van der Waals surface area (Å²) in [6.07, 6.45) is 2.03. The molecule has 22 heavy (non-hydrogen) atoms. The molecule has 0 unspecified atom stereocenters. The number of benzene rings is 1. The number of nitrogens with one attached hydrogen (secondary N) is 1. The topological polar surface area (TPSA) is 71.2 Å². The van der Waals surface area contributed by atoms with Crippen LogP contribution in [0.4, 0.5) is 5.69 Å². The quantitative estimate of drug-likeness (QED) is 0.904. The summed E-state index contributed by atoms with van der Waals surface area (Å²) in [5.74, 6) is -0.248. The molecule has 0 aliphatic carbocycles. The van der Waals surface area contributed by atoms with Crippen molar-refractivity contribution in [2.45, 2.75) is 25.8 Å². The first kappa shape index (κ1) is 14.8. The zero-order valence-corrected chi connectivity index (χ0v) is 12.9. The average Bonchev–Trinajstić information content (AvgIpc) is 2.48. The lowest BCUT2D eigenvalue weighted by molar-refractivity contribution is -0.119. The van der Waals surface area contributed by atoms with E-state index in [9.17, 15) is 4.79 Å². The number of aromatic nitrogens is 1. The number of pyridine rings is 1. The molecule has 5 heteroatoms. The molecule has 1 aromatic carbocycles. The second-order valence-electron chi connectivity index (χ2n) is 5.99. The molecule has 0 atom stereocenters. The summed E-state index contributed by atoms with van der Waals surface area (Å²) in [5.41, 5.74) is 8.45. The number of nitrogens with two attached hydrogens (primary N) is 1. The number of aryl methyl sites for hydroxylation is 1. The number of rotatable bonds is 4. The monoisotopic (exact) mass is 298 g/mol. The molecule has 2 heterocycles. The van der Waals surface area contributed by atoms with Crippen LogP contribution in [0.2, 0.25) is 0 Å². The van der Waals surface area contributed by atoms with Gasteiger partial charge in [-0.3, -0.25) is 14.7 Å². The second kappa shape index (κ2) is 6.32. The van der Waals surface area contributed by atoms with Crippen LogP contribution in [0.25, 0.3) is 10.9 Å². The number of anilines is 1. The van der Waals surface area contributed by atoms with Gasteiger partial charge in [0.2, 0.25) is 5.91 Å². The fourth-order valence-corrected chi connectivity index (χ4v) is 3.10. The van der Waals surface area contributed by atoms with Crippen molar-refractivity contribution in [3.63, 3.8) is 0 Å². The van der Waals surface area contributed by atoms with Gasteiger partial charge in [-0.2, -0.15) is 0 Å². The van der Waals surface area contributed by atoms with Gasteiger partial charge in [0.25, 0.3) is 0 Å². The fourth-order valence-electron chi connectivity index (χ4n) is 3.10. The van der Waals surface area contributed by atoms with Gasteiger partial charge in [-0.15, -0.1) is 0 Å². The number of hydrogen-bond donors (Lipinski definition) is 2. The maximum absolute atomic E-state index is 11.0. The summed E-state index contributed by atoms with van der Waals surface area (Å²) in [5, 5.41) is 4.82. The van der Waals surface area contributed by atoms with Gasteiger partial charge in [-0.05, 0) is 31.9 Å². The second-order valence-corrected chi connectivity index (χ2v) is 5.99. The van der Waals surface area contributed by atoms with Crippen molar-refractivity contribution in [3.8, 4) is 0 Å². The average molecular weight is 298 g/mol. The summed E-state index contributed by atoms with van der Waals surface area (Å²) in [6.45, 7) is 4.20. The predicted molar refractivity (Wildman–Crippen MR) is 88.8 cm³/mol. The van der Waals surface area contributed by atoms with E-state index >= 15 is 0 Å². The van der Waals surface area contributed by atoms with Crippen LogP contribution in [0, 0.1) is 6.92 Å². The number of para-hydroxylation sites is 1. The minimum absolute atomic E-state index is 0.248. The first-order chi connectivity index (χ1) is 10.6. The van der Waals surface area contributed by atoms with E-state index in [0.717, 1.165) is 48.2 Å². The van der Waals surface area contributed by atoms with Gasteiger partial charge >= 0.3 is 0 Å². The standard InChI is InChI=1S/C17H22N4O/c1-12-10-16(14-4-2-3-5-15(14)19-12)20-13-6-8-21(9-7-13)11-17(18)22/h2-5,10,13H,6-9,11H2,1H3,(H2,18,22)(H,19,20). The molecule has 1 amide bonds. The Kier molecular flexibility index (Phi) is 4.24. The summed E-state index contributed by atoms with van der Waals surface area (Å²) < 4.78 is 0. The molecule has 0 bridgehead atoms. The number of likely N-dealkylation sites (tertiary alicyclic amines) is 1. The largest absolute Gasteiger partial charge is 0.382 e. The van der Waals surface area contributed by atoms with E-state index in [2.05, 4.69) is 27.3 Å². The molecule has 2 aromatic rings. The van der Waals surface area contributed by atoms with Crippen molar-refractivity contribution >= 4 is 22.5 Å². The minimum atomic E-state index is -0.248. The summed E-state index contributed by atoms with van der Waals surface area (Å²) in [6, 6.07) is 10.7. The van der Waals surface area contributed by atoms with Crippen LogP contribution in [-0.2, 0) is 4.79 Å². The highest BCUT2D eigenvalue weighted by Gasteiger charge is 2.20. The zero-order valence-electron chi connectivity index (χ0n) is 12.9. The smallest absolute Gasteiger partial charge is 0.231 e. The van der Waals surface area contributed by atoms with Crippen LogP contribution in [0.15, 0.2) is 30.3 Å². The normalized spacial score (nSPS) is 16.8. The van der Waals surface area contributed by atoms with E-state index in [-0.39, 0.29) is 5.91 Å². The summed E-state index contributed by atoms with van der Waals surface area (Å²) in [7, 11) is 0. The van der Waals surface area contributed by atoms with Crippen LogP contribution >= 0.6 is 0 Å². The van der Waals surface area contributed by atoms with Gasteiger partial charge in [-0.25, -0.2) is 0 Å². The van der Waals surface area contributed by atoms with Crippen molar-refractivity contribution < 1.29 is 4.79 Å². The fraction of sp³-hybridized carbons (Fsp3) is 0.412. The molecule has 3 rings (SSSR count). The number of hydrogen-bond acceptors (Lipinski definition) is 4. The number of carbonyl (C=O) groups is 1. The van der Waals surface area contributed by atoms with Crippen LogP contribution in [0.5, 0.6) is 0 Å². The lowest BCUT2D eigenvalue weighted by Gasteiger charge is -2.32. The Morgan fingerprint density at radius 1 is 1.36 bits per heavy atom. The number of fused-ring (bicyclic) bond motifs is 1. The van der Waals surface area contributed by atoms with Crippen LogP contribution in [0.3, 0.4) is 0 Å². The molecule has 3 N–H and O–H groups in total. The predicted octanol–water partition coefficient (Wildman–Crippen LogP) is 1.90. The van der Waals surface area contributed by atoms with Crippen molar-refractivity contribution in [2.24, 2.45) is 5.73 Å². The SMILES string of the molecule is Cc1cc(NC2CCN(CC(N)=O)CC2)c2ccccc2n1. The first-order valence-electron chi connectivity index (χ1n) is 7.75. The Balaban J connectivity index is 1.71. The molecule has 1 saturated heterocycles. The van der Waals surface area contributed by atoms with E-state index in [1.54, 1.807) is 0 Å². The Bertz CT molecular complexity index is 677. The third-order valence-electron chi connectivity index (χ3n) is 4.17. The molecule has 5 nitrogen and oxygen atoms in total. The molecule has 0 radical (unpaired) electrons. The molecule has 1 aliphatic rings. The molecular weight excluding hydrogens is 276 g/mol. The van der Waals surface area contributed by atoms with Crippen LogP contribution < -0.4 is 11.1 Å². The van der Waals surface area contributed by atoms with Crippen molar-refractivity contribution in [1.29, 1.82) is 0 Å². The highest BCUT2D eigenvalue weighted by molar-refractivity contribution is 5.91. The van der Waals surface area contributed by atoms with Crippen molar-refractivity contribution in [3.05, 3.63) is 36.0 Å². The molecular formula is C17H22N4O. The van der Waals surface area contributed by atoms with Crippen LogP contribution in [0.1, 0.15) is 18.5 Å². The van der Waals surface area contributed by atoms with E-state index in [0.29, 0.717) is 12.6 Å². The van der Waals surface area contributed by atoms with Crippen molar-refractivity contribution in [2.75, 3.05) is 25.0 Å². The van der Waals surface area contributed by atoms with Crippen molar-refractivity contribution in [1.82, 2.24) is 9.88 Å². The maximum atomic E-state index is 11.0. The molecule has 1 fully saturated rings. The van der Waals surface area contributed by atoms with Gasteiger partial charge in [0, 0.05) is 35.9 Å². The highest BCUT2D eigenvalue weighted by atomic mass is 16.1. The Labute approximate surface area is 130 Å². The number of nitrogens with zero attached hydrogens (tertiary/aromatic N) is 2. The van der Waals surface area contributed by atoms with E-state index in [1.807, 2.05) is 25.1 Å². The Morgan fingerprint density at radius 3 is 2.82 bits per heavy atom. The number of primary amides is 1. The molecule has 1 aromatic heterocycles. The maximum Gasteiger partial charge on any atom is 0.231 e. The molecule has 0 spiro atoms. The van der Waals surface area contributed by atoms with E-state index in [4.69, 9.17) is 5.73 Å². The third-order valence-corrected chi connectivity index (χ3v) is 4.17. The lowest BCUT2D eigenvalue weighted by Crippen LogP contribution is -2.42. The van der Waals surface area contributed by atoms with Gasteiger partial charge < -0.3 is 11.1 Å². The summed E-state index contributed by atoms with van der Waals surface area (Å²) in [4.78, 5) is 17.7. The number of carbonyl (C=O) groups excluding carboxylic acids is 1. The molecule has 0 saturated carbocycles. The van der Waals surface area contributed by atoms with E-state index < -0.39 is 0 Å².